The number of piperidine rings is 1. The summed E-state index contributed by atoms with van der Waals surface area (Å²) >= 11 is 12.1. The molecule has 0 N–H and O–H groups in total. The number of fused-ring (bicyclic) bond motifs is 1. The van der Waals surface area contributed by atoms with Crippen molar-refractivity contribution in [3.8, 4) is 0 Å². The number of halogens is 2. The highest BCUT2D eigenvalue weighted by Gasteiger charge is 2.40. The van der Waals surface area contributed by atoms with Crippen molar-refractivity contribution < 1.29 is 4.79 Å². The smallest absolute Gasteiger partial charge is 0.227 e. The standard InChI is InChI=1S/C21H28Cl2N2O/c22-18-7-5-15(12-19(18)23)13-21(26)25-11-3-4-16-14-17(6-8-20(16)25)24-9-1-2-10-24/h5,7,12,16-17,20H,1-4,6,8-11,13-14H2. The number of rotatable bonds is 3. The van der Waals surface area contributed by atoms with Crippen LogP contribution in [0.25, 0.3) is 0 Å². The Balaban J connectivity index is 1.40. The number of carbonyl (C=O) groups is 1. The molecule has 26 heavy (non-hydrogen) atoms. The van der Waals surface area contributed by atoms with Gasteiger partial charge in [-0.05, 0) is 81.6 Å². The summed E-state index contributed by atoms with van der Waals surface area (Å²) in [5, 5.41) is 1.07. The average Bonchev–Trinajstić information content (AvgIpc) is 3.18. The number of benzene rings is 1. The van der Waals surface area contributed by atoms with E-state index < -0.39 is 0 Å². The van der Waals surface area contributed by atoms with E-state index in [1.165, 1.54) is 51.6 Å². The van der Waals surface area contributed by atoms with Crippen LogP contribution in [-0.2, 0) is 11.2 Å². The summed E-state index contributed by atoms with van der Waals surface area (Å²) in [6.07, 6.45) is 9.26. The van der Waals surface area contributed by atoms with E-state index in [0.717, 1.165) is 24.6 Å². The summed E-state index contributed by atoms with van der Waals surface area (Å²) in [7, 11) is 0. The Morgan fingerprint density at radius 3 is 2.58 bits per heavy atom. The molecule has 0 radical (unpaired) electrons. The molecule has 2 heterocycles. The molecule has 5 heteroatoms. The zero-order valence-corrected chi connectivity index (χ0v) is 16.8. The van der Waals surface area contributed by atoms with E-state index in [1.807, 2.05) is 12.1 Å². The van der Waals surface area contributed by atoms with E-state index in [2.05, 4.69) is 9.80 Å². The van der Waals surface area contributed by atoms with Crippen LogP contribution in [0.4, 0.5) is 0 Å². The minimum atomic E-state index is 0.248. The van der Waals surface area contributed by atoms with Crippen molar-refractivity contribution in [2.75, 3.05) is 19.6 Å². The van der Waals surface area contributed by atoms with Gasteiger partial charge in [-0.2, -0.15) is 0 Å². The lowest BCUT2D eigenvalue weighted by atomic mass is 9.75. The van der Waals surface area contributed by atoms with Crippen LogP contribution in [0.15, 0.2) is 18.2 Å². The maximum Gasteiger partial charge on any atom is 0.227 e. The molecule has 3 aliphatic rings. The van der Waals surface area contributed by atoms with Gasteiger partial charge >= 0.3 is 0 Å². The minimum Gasteiger partial charge on any atom is -0.339 e. The van der Waals surface area contributed by atoms with Crippen LogP contribution in [0.3, 0.4) is 0 Å². The van der Waals surface area contributed by atoms with Gasteiger partial charge in [-0.25, -0.2) is 0 Å². The summed E-state index contributed by atoms with van der Waals surface area (Å²) in [6, 6.07) is 6.72. The first kappa shape index (κ1) is 18.6. The number of likely N-dealkylation sites (tertiary alicyclic amines) is 2. The predicted molar refractivity (Wildman–Crippen MR) is 107 cm³/mol. The Hall–Kier alpha value is -0.770. The first-order valence-corrected chi connectivity index (χ1v) is 10.8. The highest BCUT2D eigenvalue weighted by atomic mass is 35.5. The van der Waals surface area contributed by atoms with Gasteiger partial charge < -0.3 is 9.80 Å². The molecule has 1 aromatic rings. The van der Waals surface area contributed by atoms with Gasteiger partial charge in [0.05, 0.1) is 16.5 Å². The first-order valence-electron chi connectivity index (χ1n) is 10.1. The molecule has 0 spiro atoms. The Bertz CT molecular complexity index is 659. The molecule has 4 rings (SSSR count). The maximum atomic E-state index is 13.0. The van der Waals surface area contributed by atoms with Gasteiger partial charge in [-0.15, -0.1) is 0 Å². The third kappa shape index (κ3) is 3.90. The van der Waals surface area contributed by atoms with E-state index in [0.29, 0.717) is 28.4 Å². The Kier molecular flexibility index (Phi) is 5.78. The van der Waals surface area contributed by atoms with Gasteiger partial charge in [0.25, 0.3) is 0 Å². The summed E-state index contributed by atoms with van der Waals surface area (Å²) in [6.45, 7) is 3.47. The molecule has 2 aliphatic heterocycles. The zero-order valence-electron chi connectivity index (χ0n) is 15.3. The van der Waals surface area contributed by atoms with Crippen LogP contribution in [-0.4, -0.2) is 47.4 Å². The van der Waals surface area contributed by atoms with Gasteiger partial charge in [0.1, 0.15) is 0 Å². The van der Waals surface area contributed by atoms with Crippen molar-refractivity contribution in [3.63, 3.8) is 0 Å². The van der Waals surface area contributed by atoms with Crippen molar-refractivity contribution in [2.45, 2.75) is 63.5 Å². The fraction of sp³-hybridized carbons (Fsp3) is 0.667. The Morgan fingerprint density at radius 2 is 1.81 bits per heavy atom. The average molecular weight is 395 g/mol. The predicted octanol–water partition coefficient (Wildman–Crippen LogP) is 4.79. The number of hydrogen-bond acceptors (Lipinski definition) is 2. The van der Waals surface area contributed by atoms with E-state index in [-0.39, 0.29) is 5.91 Å². The first-order chi connectivity index (χ1) is 12.6. The SMILES string of the molecule is O=C(Cc1ccc(Cl)c(Cl)c1)N1CCCC2CC(N3CCCC3)CCC21. The highest BCUT2D eigenvalue weighted by molar-refractivity contribution is 6.42. The molecule has 1 aromatic carbocycles. The Morgan fingerprint density at radius 1 is 1.00 bits per heavy atom. The van der Waals surface area contributed by atoms with Crippen molar-refractivity contribution in [2.24, 2.45) is 5.92 Å². The second kappa shape index (κ2) is 8.08. The van der Waals surface area contributed by atoms with Crippen molar-refractivity contribution in [3.05, 3.63) is 33.8 Å². The van der Waals surface area contributed by atoms with Crippen molar-refractivity contribution in [1.82, 2.24) is 9.80 Å². The van der Waals surface area contributed by atoms with Crippen LogP contribution in [0.5, 0.6) is 0 Å². The lowest BCUT2D eigenvalue weighted by molar-refractivity contribution is -0.137. The molecule has 1 amide bonds. The molecular weight excluding hydrogens is 367 g/mol. The summed E-state index contributed by atoms with van der Waals surface area (Å²) in [4.78, 5) is 17.9. The number of amides is 1. The van der Waals surface area contributed by atoms with Gasteiger partial charge in [0, 0.05) is 18.6 Å². The van der Waals surface area contributed by atoms with E-state index in [9.17, 15) is 4.79 Å². The second-order valence-corrected chi connectivity index (χ2v) is 9.01. The number of hydrogen-bond donors (Lipinski definition) is 0. The fourth-order valence-electron chi connectivity index (χ4n) is 5.31. The van der Waals surface area contributed by atoms with E-state index in [1.54, 1.807) is 6.07 Å². The quantitative estimate of drug-likeness (QED) is 0.735. The maximum absolute atomic E-state index is 13.0. The van der Waals surface area contributed by atoms with Crippen molar-refractivity contribution in [1.29, 1.82) is 0 Å². The molecule has 3 unspecified atom stereocenters. The molecule has 3 atom stereocenters. The molecule has 3 fully saturated rings. The largest absolute Gasteiger partial charge is 0.339 e. The molecule has 142 valence electrons. The molecule has 0 bridgehead atoms. The monoisotopic (exact) mass is 394 g/mol. The molecule has 3 nitrogen and oxygen atoms in total. The van der Waals surface area contributed by atoms with Crippen LogP contribution in [0.2, 0.25) is 10.0 Å². The summed E-state index contributed by atoms with van der Waals surface area (Å²) in [5.41, 5.74) is 0.956. The van der Waals surface area contributed by atoms with Crippen LogP contribution in [0, 0.1) is 5.92 Å². The lowest BCUT2D eigenvalue weighted by Crippen LogP contribution is -2.53. The third-order valence-electron chi connectivity index (χ3n) is 6.61. The van der Waals surface area contributed by atoms with Gasteiger partial charge in [-0.1, -0.05) is 29.3 Å². The topological polar surface area (TPSA) is 23.6 Å². The van der Waals surface area contributed by atoms with Crippen LogP contribution in [0.1, 0.15) is 50.5 Å². The van der Waals surface area contributed by atoms with Crippen LogP contribution >= 0.6 is 23.2 Å². The van der Waals surface area contributed by atoms with E-state index >= 15 is 0 Å². The molecule has 2 saturated heterocycles. The van der Waals surface area contributed by atoms with Gasteiger partial charge in [-0.3, -0.25) is 4.79 Å². The number of carbonyl (C=O) groups excluding carboxylic acids is 1. The second-order valence-electron chi connectivity index (χ2n) is 8.19. The zero-order chi connectivity index (χ0) is 18.1. The van der Waals surface area contributed by atoms with Gasteiger partial charge in [0.2, 0.25) is 5.91 Å². The molecule has 0 aromatic heterocycles. The van der Waals surface area contributed by atoms with Crippen LogP contribution < -0.4 is 0 Å². The highest BCUT2D eigenvalue weighted by Crippen LogP contribution is 2.38. The minimum absolute atomic E-state index is 0.248. The normalized spacial score (nSPS) is 29.6. The van der Waals surface area contributed by atoms with E-state index in [4.69, 9.17) is 23.2 Å². The fourth-order valence-corrected chi connectivity index (χ4v) is 5.63. The molecule has 1 aliphatic carbocycles. The number of nitrogens with zero attached hydrogens (tertiary/aromatic N) is 2. The third-order valence-corrected chi connectivity index (χ3v) is 7.34. The lowest BCUT2D eigenvalue weighted by Gasteiger charge is -2.48. The molecule has 1 saturated carbocycles. The summed E-state index contributed by atoms with van der Waals surface area (Å²) in [5.74, 6) is 0.929. The van der Waals surface area contributed by atoms with Gasteiger partial charge in [0.15, 0.2) is 0 Å². The Labute approximate surface area is 166 Å². The molecular formula is C21H28Cl2N2O. The summed E-state index contributed by atoms with van der Waals surface area (Å²) < 4.78 is 0. The van der Waals surface area contributed by atoms with Crippen molar-refractivity contribution >= 4 is 29.1 Å².